The molecule has 1 atom stereocenters. The molecule has 0 saturated heterocycles. The smallest absolute Gasteiger partial charge is 0.409 e. The van der Waals surface area contributed by atoms with Gasteiger partial charge >= 0.3 is 12.1 Å². The molecule has 0 spiro atoms. The van der Waals surface area contributed by atoms with Crippen LogP contribution in [-0.2, 0) is 16.1 Å². The van der Waals surface area contributed by atoms with Crippen LogP contribution in [0.4, 0.5) is 4.79 Å². The van der Waals surface area contributed by atoms with Crippen LogP contribution in [0.3, 0.4) is 0 Å². The lowest BCUT2D eigenvalue weighted by Gasteiger charge is -2.18. The van der Waals surface area contributed by atoms with E-state index in [1.807, 2.05) is 30.3 Å². The van der Waals surface area contributed by atoms with E-state index >= 15 is 0 Å². The first kappa shape index (κ1) is 14.0. The molecule has 1 unspecified atom stereocenters. The number of carbonyl (C=O) groups is 2. The highest BCUT2D eigenvalue weighted by Crippen LogP contribution is 2.04. The second-order valence-electron chi connectivity index (χ2n) is 4.16. The van der Waals surface area contributed by atoms with Gasteiger partial charge in [0.15, 0.2) is 0 Å². The minimum absolute atomic E-state index is 0.128. The number of rotatable bonds is 5. The molecule has 1 N–H and O–H groups in total. The molecule has 0 fully saturated rings. The summed E-state index contributed by atoms with van der Waals surface area (Å²) in [5.74, 6) is -1.54. The van der Waals surface area contributed by atoms with Gasteiger partial charge in [-0.15, -0.1) is 0 Å². The Morgan fingerprint density at radius 1 is 1.33 bits per heavy atom. The van der Waals surface area contributed by atoms with E-state index in [2.05, 4.69) is 0 Å². The van der Waals surface area contributed by atoms with Crippen LogP contribution in [0.2, 0.25) is 0 Å². The molecular weight excluding hydrogens is 234 g/mol. The summed E-state index contributed by atoms with van der Waals surface area (Å²) in [6, 6.07) is 9.31. The fourth-order valence-electron chi connectivity index (χ4n) is 1.39. The molecule has 0 bridgehead atoms. The maximum atomic E-state index is 11.6. The van der Waals surface area contributed by atoms with Crippen LogP contribution in [0, 0.1) is 5.92 Å². The Bertz CT molecular complexity index is 405. The Morgan fingerprint density at radius 3 is 2.50 bits per heavy atom. The first-order valence-electron chi connectivity index (χ1n) is 5.65. The number of hydrogen-bond donors (Lipinski definition) is 1. The van der Waals surface area contributed by atoms with Gasteiger partial charge in [-0.2, -0.15) is 0 Å². The molecule has 1 aromatic rings. The molecule has 0 aliphatic heterocycles. The summed E-state index contributed by atoms with van der Waals surface area (Å²) in [5.41, 5.74) is 0.894. The summed E-state index contributed by atoms with van der Waals surface area (Å²) in [6.07, 6.45) is -0.521. The number of ether oxygens (including phenoxy) is 1. The van der Waals surface area contributed by atoms with Gasteiger partial charge in [0.25, 0.3) is 0 Å². The highest BCUT2D eigenvalue weighted by atomic mass is 16.6. The van der Waals surface area contributed by atoms with Gasteiger partial charge in [-0.1, -0.05) is 37.3 Å². The SMILES string of the molecule is CC(CN(C)C(=O)OCc1ccccc1)C(=O)O. The number of carbonyl (C=O) groups excluding carboxylic acids is 1. The van der Waals surface area contributed by atoms with E-state index in [0.717, 1.165) is 5.56 Å². The van der Waals surface area contributed by atoms with Crippen LogP contribution < -0.4 is 0 Å². The Balaban J connectivity index is 2.39. The summed E-state index contributed by atoms with van der Waals surface area (Å²) in [6.45, 7) is 1.86. The molecular formula is C13H17NO4. The van der Waals surface area contributed by atoms with Crippen molar-refractivity contribution in [3.63, 3.8) is 0 Å². The average molecular weight is 251 g/mol. The standard InChI is InChI=1S/C13H17NO4/c1-10(12(15)16)8-14(2)13(17)18-9-11-6-4-3-5-7-11/h3-7,10H,8-9H2,1-2H3,(H,15,16). The third kappa shape index (κ3) is 4.45. The summed E-state index contributed by atoms with van der Waals surface area (Å²) in [4.78, 5) is 23.5. The van der Waals surface area contributed by atoms with Crippen molar-refractivity contribution in [3.8, 4) is 0 Å². The van der Waals surface area contributed by atoms with Gasteiger partial charge in [-0.3, -0.25) is 4.79 Å². The van der Waals surface area contributed by atoms with Crippen LogP contribution >= 0.6 is 0 Å². The van der Waals surface area contributed by atoms with E-state index in [9.17, 15) is 9.59 Å². The van der Waals surface area contributed by atoms with Crippen LogP contribution in [-0.4, -0.2) is 35.7 Å². The molecule has 5 heteroatoms. The fraction of sp³-hybridized carbons (Fsp3) is 0.385. The quantitative estimate of drug-likeness (QED) is 0.868. The molecule has 98 valence electrons. The highest BCUT2D eigenvalue weighted by Gasteiger charge is 2.18. The van der Waals surface area contributed by atoms with Crippen molar-refractivity contribution < 1.29 is 19.4 Å². The zero-order valence-corrected chi connectivity index (χ0v) is 10.5. The molecule has 0 saturated carbocycles. The van der Waals surface area contributed by atoms with Crippen molar-refractivity contribution >= 4 is 12.1 Å². The van der Waals surface area contributed by atoms with Crippen molar-refractivity contribution in [1.29, 1.82) is 0 Å². The molecule has 1 rings (SSSR count). The summed E-state index contributed by atoms with van der Waals surface area (Å²) < 4.78 is 5.06. The second-order valence-corrected chi connectivity index (χ2v) is 4.16. The van der Waals surface area contributed by atoms with Gasteiger partial charge in [-0.25, -0.2) is 4.79 Å². The van der Waals surface area contributed by atoms with Crippen molar-refractivity contribution in [2.45, 2.75) is 13.5 Å². The maximum Gasteiger partial charge on any atom is 0.409 e. The predicted octanol–water partition coefficient (Wildman–Crippen LogP) is 1.98. The monoisotopic (exact) mass is 251 g/mol. The average Bonchev–Trinajstić information content (AvgIpc) is 2.36. The van der Waals surface area contributed by atoms with Crippen LogP contribution in [0.1, 0.15) is 12.5 Å². The molecule has 0 aliphatic carbocycles. The van der Waals surface area contributed by atoms with Crippen molar-refractivity contribution in [2.75, 3.05) is 13.6 Å². The first-order valence-corrected chi connectivity index (χ1v) is 5.65. The third-order valence-electron chi connectivity index (χ3n) is 2.49. The van der Waals surface area contributed by atoms with Gasteiger partial charge in [0, 0.05) is 13.6 Å². The maximum absolute atomic E-state index is 11.6. The predicted molar refractivity (Wildman–Crippen MR) is 66.1 cm³/mol. The number of carboxylic acids is 1. The molecule has 1 aromatic carbocycles. The molecule has 18 heavy (non-hydrogen) atoms. The number of aliphatic carboxylic acids is 1. The molecule has 0 heterocycles. The third-order valence-corrected chi connectivity index (χ3v) is 2.49. The highest BCUT2D eigenvalue weighted by molar-refractivity contribution is 5.72. The summed E-state index contributed by atoms with van der Waals surface area (Å²) in [5, 5.41) is 8.74. The van der Waals surface area contributed by atoms with E-state index in [4.69, 9.17) is 9.84 Å². The Kier molecular flexibility index (Phi) is 5.17. The van der Waals surface area contributed by atoms with Gasteiger partial charge in [0.05, 0.1) is 5.92 Å². The lowest BCUT2D eigenvalue weighted by molar-refractivity contribution is -0.141. The number of benzene rings is 1. The van der Waals surface area contributed by atoms with Crippen molar-refractivity contribution in [1.82, 2.24) is 4.90 Å². The first-order chi connectivity index (χ1) is 8.50. The van der Waals surface area contributed by atoms with Gasteiger partial charge in [0.1, 0.15) is 6.61 Å². The zero-order chi connectivity index (χ0) is 13.5. The van der Waals surface area contributed by atoms with Gasteiger partial charge < -0.3 is 14.7 Å². The van der Waals surface area contributed by atoms with Crippen LogP contribution in [0.5, 0.6) is 0 Å². The van der Waals surface area contributed by atoms with E-state index in [1.54, 1.807) is 6.92 Å². The number of hydrogen-bond acceptors (Lipinski definition) is 3. The molecule has 0 aromatic heterocycles. The minimum Gasteiger partial charge on any atom is -0.481 e. The Morgan fingerprint density at radius 2 is 1.94 bits per heavy atom. The number of nitrogens with zero attached hydrogens (tertiary/aromatic N) is 1. The van der Waals surface area contributed by atoms with Crippen molar-refractivity contribution in [2.24, 2.45) is 5.92 Å². The lowest BCUT2D eigenvalue weighted by Crippen LogP contribution is -2.34. The number of carboxylic acid groups (broad SMARTS) is 1. The van der Waals surface area contributed by atoms with Crippen LogP contribution in [0.25, 0.3) is 0 Å². The lowest BCUT2D eigenvalue weighted by atomic mass is 10.2. The topological polar surface area (TPSA) is 66.8 Å². The van der Waals surface area contributed by atoms with Gasteiger partial charge in [-0.05, 0) is 5.56 Å². The molecule has 5 nitrogen and oxygen atoms in total. The van der Waals surface area contributed by atoms with Gasteiger partial charge in [0.2, 0.25) is 0 Å². The number of amides is 1. The van der Waals surface area contributed by atoms with E-state index < -0.39 is 18.0 Å². The van der Waals surface area contributed by atoms with Crippen molar-refractivity contribution in [3.05, 3.63) is 35.9 Å². The normalized spacial score (nSPS) is 11.7. The van der Waals surface area contributed by atoms with E-state index in [-0.39, 0.29) is 13.2 Å². The Labute approximate surface area is 106 Å². The molecule has 0 radical (unpaired) electrons. The zero-order valence-electron chi connectivity index (χ0n) is 10.5. The fourth-order valence-corrected chi connectivity index (χ4v) is 1.39. The molecule has 0 aliphatic rings. The largest absolute Gasteiger partial charge is 0.481 e. The Hall–Kier alpha value is -2.04. The van der Waals surface area contributed by atoms with Crippen LogP contribution in [0.15, 0.2) is 30.3 Å². The van der Waals surface area contributed by atoms with E-state index in [0.29, 0.717) is 0 Å². The minimum atomic E-state index is -0.933. The van der Waals surface area contributed by atoms with E-state index in [1.165, 1.54) is 11.9 Å². The summed E-state index contributed by atoms with van der Waals surface area (Å²) in [7, 11) is 1.52. The second kappa shape index (κ2) is 6.64. The molecule has 1 amide bonds. The summed E-state index contributed by atoms with van der Waals surface area (Å²) >= 11 is 0.